The number of halogens is 1. The van der Waals surface area contributed by atoms with Gasteiger partial charge in [-0.2, -0.15) is 11.8 Å². The minimum absolute atomic E-state index is 0.0430. The van der Waals surface area contributed by atoms with Crippen molar-refractivity contribution in [1.29, 1.82) is 0 Å². The molecular weight excluding hydrogens is 287 g/mol. The first-order valence-corrected chi connectivity index (χ1v) is 7.79. The van der Waals surface area contributed by atoms with Crippen molar-refractivity contribution in [3.05, 3.63) is 64.5 Å². The fourth-order valence-corrected chi connectivity index (χ4v) is 3.16. The third-order valence-electron chi connectivity index (χ3n) is 3.31. The second-order valence-electron chi connectivity index (χ2n) is 4.94. The normalized spacial score (nSPS) is 10.6. The molecule has 0 heterocycles. The van der Waals surface area contributed by atoms with E-state index < -0.39 is 5.82 Å². The highest BCUT2D eigenvalue weighted by Gasteiger charge is 2.13. The first kappa shape index (κ1) is 15.6. The van der Waals surface area contributed by atoms with Crippen LogP contribution in [0.2, 0.25) is 0 Å². The van der Waals surface area contributed by atoms with Crippen molar-refractivity contribution in [3.8, 4) is 5.75 Å². The summed E-state index contributed by atoms with van der Waals surface area (Å²) in [4.78, 5) is 11.4. The summed E-state index contributed by atoms with van der Waals surface area (Å²) in [6.07, 6.45) is 0. The summed E-state index contributed by atoms with van der Waals surface area (Å²) in [5.41, 5.74) is 2.92. The second kappa shape index (κ2) is 6.76. The van der Waals surface area contributed by atoms with Crippen LogP contribution in [0.1, 0.15) is 34.0 Å². The van der Waals surface area contributed by atoms with Crippen molar-refractivity contribution < 1.29 is 14.3 Å². The molecule has 4 heteroatoms. The zero-order valence-corrected chi connectivity index (χ0v) is 12.8. The molecule has 21 heavy (non-hydrogen) atoms. The lowest BCUT2D eigenvalue weighted by molar-refractivity contribution is 0.101. The van der Waals surface area contributed by atoms with Crippen molar-refractivity contribution in [2.45, 2.75) is 25.4 Å². The number of benzene rings is 2. The van der Waals surface area contributed by atoms with Crippen LogP contribution in [0.15, 0.2) is 36.4 Å². The van der Waals surface area contributed by atoms with E-state index in [0.29, 0.717) is 11.3 Å². The maximum absolute atomic E-state index is 13.5. The van der Waals surface area contributed by atoms with E-state index in [1.807, 2.05) is 25.1 Å². The van der Waals surface area contributed by atoms with Gasteiger partial charge in [-0.3, -0.25) is 4.79 Å². The Kier molecular flexibility index (Phi) is 5.02. The Morgan fingerprint density at radius 3 is 2.52 bits per heavy atom. The Balaban J connectivity index is 2.10. The number of thioether (sulfide) groups is 1. The van der Waals surface area contributed by atoms with Crippen LogP contribution in [-0.4, -0.2) is 10.9 Å². The lowest BCUT2D eigenvalue weighted by Gasteiger charge is -2.09. The predicted octanol–water partition coefficient (Wildman–Crippen LogP) is 4.48. The average Bonchev–Trinajstić information content (AvgIpc) is 2.44. The smallest absolute Gasteiger partial charge is 0.163 e. The Labute approximate surface area is 128 Å². The highest BCUT2D eigenvalue weighted by molar-refractivity contribution is 7.97. The first-order chi connectivity index (χ1) is 9.99. The van der Waals surface area contributed by atoms with E-state index in [-0.39, 0.29) is 17.1 Å². The molecule has 0 bridgehead atoms. The van der Waals surface area contributed by atoms with Crippen LogP contribution in [0.25, 0.3) is 0 Å². The van der Waals surface area contributed by atoms with E-state index in [0.717, 1.165) is 11.8 Å². The van der Waals surface area contributed by atoms with Crippen molar-refractivity contribution in [1.82, 2.24) is 0 Å². The van der Waals surface area contributed by atoms with Crippen LogP contribution in [0.4, 0.5) is 4.39 Å². The van der Waals surface area contributed by atoms with Gasteiger partial charge in [-0.15, -0.1) is 0 Å². The monoisotopic (exact) mass is 304 g/mol. The lowest BCUT2D eigenvalue weighted by Crippen LogP contribution is -1.98. The standard InChI is InChI=1S/C17H17FO2S/c1-11-5-3-4-6-13(11)9-21-10-14-7-15(18)8-16(12(2)19)17(14)20/h3-8,20H,9-10H2,1-2H3. The predicted molar refractivity (Wildman–Crippen MR) is 84.2 cm³/mol. The first-order valence-electron chi connectivity index (χ1n) is 6.63. The molecule has 0 atom stereocenters. The number of carbonyl (C=O) groups is 1. The number of aryl methyl sites for hydroxylation is 1. The van der Waals surface area contributed by atoms with Crippen LogP contribution < -0.4 is 0 Å². The molecule has 0 saturated heterocycles. The van der Waals surface area contributed by atoms with Gasteiger partial charge < -0.3 is 5.11 Å². The number of carbonyl (C=O) groups excluding carboxylic acids is 1. The topological polar surface area (TPSA) is 37.3 Å². The minimum Gasteiger partial charge on any atom is -0.507 e. The highest BCUT2D eigenvalue weighted by atomic mass is 32.2. The molecule has 0 radical (unpaired) electrons. The minimum atomic E-state index is -0.496. The summed E-state index contributed by atoms with van der Waals surface area (Å²) in [6.45, 7) is 3.36. The molecule has 0 saturated carbocycles. The number of phenolic OH excluding ortho intramolecular Hbond substituents is 1. The van der Waals surface area contributed by atoms with Crippen molar-refractivity contribution in [2.24, 2.45) is 0 Å². The average molecular weight is 304 g/mol. The molecule has 0 spiro atoms. The summed E-state index contributed by atoms with van der Waals surface area (Å²) in [5.74, 6) is 0.291. The van der Waals surface area contributed by atoms with Crippen molar-refractivity contribution >= 4 is 17.5 Å². The molecule has 2 nitrogen and oxygen atoms in total. The number of rotatable bonds is 5. The molecular formula is C17H17FO2S. The summed E-state index contributed by atoms with van der Waals surface area (Å²) >= 11 is 1.58. The number of Topliss-reactive ketones (excluding diaryl/α,β-unsaturated/α-hetero) is 1. The number of hydrogen-bond acceptors (Lipinski definition) is 3. The molecule has 0 fully saturated rings. The molecule has 0 aromatic heterocycles. The van der Waals surface area contributed by atoms with Crippen LogP contribution in [0, 0.1) is 12.7 Å². The van der Waals surface area contributed by atoms with Crippen LogP contribution >= 0.6 is 11.8 Å². The molecule has 2 aromatic rings. The fraction of sp³-hybridized carbons (Fsp3) is 0.235. The number of ketones is 1. The van der Waals surface area contributed by atoms with E-state index >= 15 is 0 Å². The fourth-order valence-electron chi connectivity index (χ4n) is 2.08. The SMILES string of the molecule is CC(=O)c1cc(F)cc(CSCc2ccccc2C)c1O. The number of phenols is 1. The van der Waals surface area contributed by atoms with Crippen molar-refractivity contribution in [2.75, 3.05) is 0 Å². The molecule has 0 amide bonds. The Morgan fingerprint density at radius 2 is 1.86 bits per heavy atom. The number of hydrogen-bond donors (Lipinski definition) is 1. The number of aromatic hydroxyl groups is 1. The van der Waals surface area contributed by atoms with Gasteiger partial charge in [0.05, 0.1) is 5.56 Å². The maximum atomic E-state index is 13.5. The van der Waals surface area contributed by atoms with Gasteiger partial charge in [0.2, 0.25) is 0 Å². The molecule has 0 aliphatic heterocycles. The summed E-state index contributed by atoms with van der Waals surface area (Å²) in [7, 11) is 0. The van der Waals surface area contributed by atoms with Gasteiger partial charge >= 0.3 is 0 Å². The van der Waals surface area contributed by atoms with Gasteiger partial charge in [0.15, 0.2) is 5.78 Å². The third kappa shape index (κ3) is 3.85. The largest absolute Gasteiger partial charge is 0.507 e. The van der Waals surface area contributed by atoms with Gasteiger partial charge in [-0.1, -0.05) is 24.3 Å². The Morgan fingerprint density at radius 1 is 1.19 bits per heavy atom. The van der Waals surface area contributed by atoms with Crippen LogP contribution in [0.3, 0.4) is 0 Å². The Hall–Kier alpha value is -1.81. The van der Waals surface area contributed by atoms with Crippen LogP contribution in [-0.2, 0) is 11.5 Å². The van der Waals surface area contributed by atoms with Crippen molar-refractivity contribution in [3.63, 3.8) is 0 Å². The van der Waals surface area contributed by atoms with Gasteiger partial charge in [-0.25, -0.2) is 4.39 Å². The molecule has 110 valence electrons. The maximum Gasteiger partial charge on any atom is 0.163 e. The van der Waals surface area contributed by atoms with E-state index in [1.54, 1.807) is 11.8 Å². The summed E-state index contributed by atoms with van der Waals surface area (Å²) in [6, 6.07) is 10.4. The molecule has 2 rings (SSSR count). The quantitative estimate of drug-likeness (QED) is 0.828. The van der Waals surface area contributed by atoms with Gasteiger partial charge in [0.25, 0.3) is 0 Å². The zero-order valence-electron chi connectivity index (χ0n) is 12.0. The molecule has 0 aliphatic carbocycles. The van der Waals surface area contributed by atoms with E-state index in [9.17, 15) is 14.3 Å². The van der Waals surface area contributed by atoms with Gasteiger partial charge in [0, 0.05) is 17.1 Å². The lowest BCUT2D eigenvalue weighted by atomic mass is 10.1. The Bertz CT molecular complexity index is 668. The summed E-state index contributed by atoms with van der Waals surface area (Å²) < 4.78 is 13.5. The van der Waals surface area contributed by atoms with Crippen LogP contribution in [0.5, 0.6) is 5.75 Å². The van der Waals surface area contributed by atoms with Gasteiger partial charge in [0.1, 0.15) is 11.6 Å². The van der Waals surface area contributed by atoms with Gasteiger partial charge in [-0.05, 0) is 37.1 Å². The highest BCUT2D eigenvalue weighted by Crippen LogP contribution is 2.29. The molecule has 1 N–H and O–H groups in total. The van der Waals surface area contributed by atoms with E-state index in [1.165, 1.54) is 24.1 Å². The second-order valence-corrected chi connectivity index (χ2v) is 5.92. The molecule has 0 aliphatic rings. The molecule has 2 aromatic carbocycles. The zero-order chi connectivity index (χ0) is 15.4. The van der Waals surface area contributed by atoms with E-state index in [4.69, 9.17) is 0 Å². The summed E-state index contributed by atoms with van der Waals surface area (Å²) in [5, 5.41) is 10.0. The molecule has 0 unspecified atom stereocenters. The third-order valence-corrected chi connectivity index (χ3v) is 4.34. The van der Waals surface area contributed by atoms with E-state index in [2.05, 4.69) is 6.07 Å².